The number of aromatic carboxylic acids is 1. The van der Waals surface area contributed by atoms with E-state index in [4.69, 9.17) is 20.3 Å². The van der Waals surface area contributed by atoms with Crippen LogP contribution in [0.2, 0.25) is 0 Å². The van der Waals surface area contributed by atoms with E-state index in [-0.39, 0.29) is 36.0 Å². The second-order valence-electron chi connectivity index (χ2n) is 2.98. The zero-order valence-electron chi connectivity index (χ0n) is 7.62. The van der Waals surface area contributed by atoms with Crippen molar-refractivity contribution in [3.8, 4) is 11.5 Å². The van der Waals surface area contributed by atoms with Crippen LogP contribution in [0.15, 0.2) is 6.07 Å². The molecule has 0 radical (unpaired) electrons. The quantitative estimate of drug-likeness (QED) is 0.676. The summed E-state index contributed by atoms with van der Waals surface area (Å²) in [4.78, 5) is 10.8. The fourth-order valence-electron chi connectivity index (χ4n) is 1.36. The molecule has 2 rings (SSSR count). The molecule has 0 aliphatic carbocycles. The van der Waals surface area contributed by atoms with E-state index in [0.29, 0.717) is 0 Å². The summed E-state index contributed by atoms with van der Waals surface area (Å²) in [7, 11) is 0. The van der Waals surface area contributed by atoms with Crippen molar-refractivity contribution in [1.82, 2.24) is 0 Å². The Morgan fingerprint density at radius 3 is 2.60 bits per heavy atom. The van der Waals surface area contributed by atoms with E-state index in [1.807, 2.05) is 0 Å². The van der Waals surface area contributed by atoms with Crippen LogP contribution in [0.1, 0.15) is 10.4 Å². The monoisotopic (exact) mass is 213 g/mol. The number of fused-ring (bicyclic) bond motifs is 1. The Kier molecular flexibility index (Phi) is 2.11. The molecule has 0 aromatic heterocycles. The van der Waals surface area contributed by atoms with Crippen molar-refractivity contribution in [1.29, 1.82) is 0 Å². The minimum atomic E-state index is -1.28. The number of halogens is 1. The zero-order chi connectivity index (χ0) is 11.0. The first-order valence-electron chi connectivity index (χ1n) is 4.22. The van der Waals surface area contributed by atoms with Crippen LogP contribution in [0.5, 0.6) is 11.5 Å². The molecule has 0 saturated carbocycles. The summed E-state index contributed by atoms with van der Waals surface area (Å²) in [6.45, 7) is 0.443. The number of hydrogen-bond acceptors (Lipinski definition) is 4. The van der Waals surface area contributed by atoms with Crippen LogP contribution in [-0.2, 0) is 0 Å². The molecule has 15 heavy (non-hydrogen) atoms. The first-order valence-corrected chi connectivity index (χ1v) is 4.22. The lowest BCUT2D eigenvalue weighted by Crippen LogP contribution is -2.19. The lowest BCUT2D eigenvalue weighted by molar-refractivity contribution is 0.0685. The third-order valence-corrected chi connectivity index (χ3v) is 2.03. The second kappa shape index (κ2) is 3.30. The Hall–Kier alpha value is -1.98. The molecule has 0 saturated heterocycles. The molecule has 3 N–H and O–H groups in total. The summed E-state index contributed by atoms with van der Waals surface area (Å²) < 4.78 is 23.4. The lowest BCUT2D eigenvalue weighted by atomic mass is 10.1. The highest BCUT2D eigenvalue weighted by Crippen LogP contribution is 2.40. The van der Waals surface area contributed by atoms with Crippen molar-refractivity contribution >= 4 is 11.7 Å². The van der Waals surface area contributed by atoms with Gasteiger partial charge in [0.05, 0.1) is 0 Å². The normalized spacial score (nSPS) is 13.7. The molecule has 1 heterocycles. The van der Waals surface area contributed by atoms with Gasteiger partial charge in [0.15, 0.2) is 17.3 Å². The van der Waals surface area contributed by atoms with Crippen molar-refractivity contribution in [2.45, 2.75) is 0 Å². The summed E-state index contributed by atoms with van der Waals surface area (Å²) >= 11 is 0. The first-order chi connectivity index (χ1) is 7.11. The number of carboxylic acid groups (broad SMARTS) is 1. The van der Waals surface area contributed by atoms with Gasteiger partial charge in [-0.05, 0) is 6.07 Å². The third-order valence-electron chi connectivity index (χ3n) is 2.03. The van der Waals surface area contributed by atoms with Crippen molar-refractivity contribution in [3.63, 3.8) is 0 Å². The highest BCUT2D eigenvalue weighted by molar-refractivity contribution is 5.93. The topological polar surface area (TPSA) is 81.8 Å². The minimum absolute atomic E-state index is 0.00681. The van der Waals surface area contributed by atoms with Gasteiger partial charge < -0.3 is 20.3 Å². The molecule has 80 valence electrons. The molecule has 0 spiro atoms. The molecule has 5 nitrogen and oxygen atoms in total. The van der Waals surface area contributed by atoms with Gasteiger partial charge in [0.2, 0.25) is 0 Å². The SMILES string of the molecule is Nc1c(F)cc(C(=O)O)c2c1OCCO2. The smallest absolute Gasteiger partial charge is 0.339 e. The molecule has 0 amide bonds. The fraction of sp³-hybridized carbons (Fsp3) is 0.222. The zero-order valence-corrected chi connectivity index (χ0v) is 7.62. The van der Waals surface area contributed by atoms with Crippen molar-refractivity contribution in [3.05, 3.63) is 17.4 Å². The number of carboxylic acids is 1. The highest BCUT2D eigenvalue weighted by Gasteiger charge is 2.25. The van der Waals surface area contributed by atoms with Gasteiger partial charge >= 0.3 is 5.97 Å². The van der Waals surface area contributed by atoms with E-state index in [0.717, 1.165) is 6.07 Å². The summed E-state index contributed by atoms with van der Waals surface area (Å²) in [5.41, 5.74) is 4.89. The van der Waals surface area contributed by atoms with Gasteiger partial charge in [0.25, 0.3) is 0 Å². The number of ether oxygens (including phenoxy) is 2. The lowest BCUT2D eigenvalue weighted by Gasteiger charge is -2.21. The van der Waals surface area contributed by atoms with Crippen LogP contribution >= 0.6 is 0 Å². The van der Waals surface area contributed by atoms with Crippen LogP contribution in [0.25, 0.3) is 0 Å². The predicted octanol–water partition coefficient (Wildman–Crippen LogP) is 0.877. The summed E-state index contributed by atoms with van der Waals surface area (Å²) in [5, 5.41) is 8.81. The van der Waals surface area contributed by atoms with Crippen LogP contribution in [0.3, 0.4) is 0 Å². The van der Waals surface area contributed by atoms with E-state index in [1.54, 1.807) is 0 Å². The molecule has 1 aromatic rings. The van der Waals surface area contributed by atoms with E-state index in [1.165, 1.54) is 0 Å². The molecule has 6 heteroatoms. The molecule has 1 aliphatic heterocycles. The van der Waals surface area contributed by atoms with Gasteiger partial charge in [-0.15, -0.1) is 0 Å². The van der Waals surface area contributed by atoms with E-state index in [9.17, 15) is 9.18 Å². The Balaban J connectivity index is 2.67. The van der Waals surface area contributed by atoms with Crippen molar-refractivity contribution < 1.29 is 23.8 Å². The Labute approximate surface area is 84.2 Å². The molecular weight excluding hydrogens is 205 g/mol. The van der Waals surface area contributed by atoms with Gasteiger partial charge in [-0.25, -0.2) is 9.18 Å². The number of nitrogen functional groups attached to an aromatic ring is 1. The largest absolute Gasteiger partial charge is 0.485 e. The standard InChI is InChI=1S/C9H8FNO4/c10-5-3-4(9(12)13)7-8(6(5)11)15-2-1-14-7/h3H,1-2,11H2,(H,12,13). The maximum absolute atomic E-state index is 13.2. The number of hydrogen-bond donors (Lipinski definition) is 2. The van der Waals surface area contributed by atoms with Crippen molar-refractivity contribution in [2.24, 2.45) is 0 Å². The maximum Gasteiger partial charge on any atom is 0.339 e. The molecule has 0 unspecified atom stereocenters. The Morgan fingerprint density at radius 2 is 2.00 bits per heavy atom. The van der Waals surface area contributed by atoms with Crippen LogP contribution in [0, 0.1) is 5.82 Å². The number of anilines is 1. The molecule has 1 aliphatic rings. The number of nitrogens with two attached hydrogens (primary N) is 1. The van der Waals surface area contributed by atoms with E-state index >= 15 is 0 Å². The summed E-state index contributed by atoms with van der Waals surface area (Å²) in [5.74, 6) is -2.14. The van der Waals surface area contributed by atoms with Crippen LogP contribution in [-0.4, -0.2) is 24.3 Å². The number of benzene rings is 1. The maximum atomic E-state index is 13.2. The Bertz CT molecular complexity index is 433. The van der Waals surface area contributed by atoms with Gasteiger partial charge in [0, 0.05) is 0 Å². The predicted molar refractivity (Wildman–Crippen MR) is 48.8 cm³/mol. The third kappa shape index (κ3) is 1.43. The molecule has 1 aromatic carbocycles. The minimum Gasteiger partial charge on any atom is -0.485 e. The fourth-order valence-corrected chi connectivity index (χ4v) is 1.36. The summed E-state index contributed by atoms with van der Waals surface area (Å²) in [6.07, 6.45) is 0. The van der Waals surface area contributed by atoms with Gasteiger partial charge in [0.1, 0.15) is 24.5 Å². The van der Waals surface area contributed by atoms with Gasteiger partial charge in [-0.2, -0.15) is 0 Å². The molecule has 0 atom stereocenters. The van der Waals surface area contributed by atoms with Crippen LogP contribution < -0.4 is 15.2 Å². The Morgan fingerprint density at radius 1 is 1.40 bits per heavy atom. The molecule has 0 fully saturated rings. The van der Waals surface area contributed by atoms with Gasteiger partial charge in [-0.1, -0.05) is 0 Å². The van der Waals surface area contributed by atoms with Crippen molar-refractivity contribution in [2.75, 3.05) is 18.9 Å². The molecule has 0 bridgehead atoms. The summed E-state index contributed by atoms with van der Waals surface area (Å²) in [6, 6.07) is 0.825. The average Bonchev–Trinajstić information content (AvgIpc) is 2.23. The number of carbonyl (C=O) groups is 1. The highest BCUT2D eigenvalue weighted by atomic mass is 19.1. The molecular formula is C9H8FNO4. The average molecular weight is 213 g/mol. The van der Waals surface area contributed by atoms with Gasteiger partial charge in [-0.3, -0.25) is 0 Å². The second-order valence-corrected chi connectivity index (χ2v) is 2.98. The van der Waals surface area contributed by atoms with E-state index in [2.05, 4.69) is 0 Å². The number of rotatable bonds is 1. The van der Waals surface area contributed by atoms with Crippen LogP contribution in [0.4, 0.5) is 10.1 Å². The van der Waals surface area contributed by atoms with E-state index < -0.39 is 11.8 Å². The first kappa shape index (κ1) is 9.57.